The van der Waals surface area contributed by atoms with Gasteiger partial charge in [0.15, 0.2) is 0 Å². The van der Waals surface area contributed by atoms with Gasteiger partial charge in [-0.15, -0.1) is 0 Å². The normalized spacial score (nSPS) is 31.9. The summed E-state index contributed by atoms with van der Waals surface area (Å²) in [6.45, 7) is 20.5. The number of rotatable bonds is 10. The molecule has 4 unspecified atom stereocenters. The number of anilines is 1. The number of ether oxygens (including phenoxy) is 1. The van der Waals surface area contributed by atoms with E-state index in [1.165, 1.54) is 6.92 Å². The molecule has 1 amide bonds. The number of esters is 1. The maximum Gasteiger partial charge on any atom is 0.342 e. The highest BCUT2D eigenvalue weighted by atomic mass is 17.2. The summed E-state index contributed by atoms with van der Waals surface area (Å²) < 4.78 is 6.15. The fourth-order valence-corrected chi connectivity index (χ4v) is 8.22. The number of allylic oxidation sites excluding steroid dienone is 2. The quantitative estimate of drug-likeness (QED) is 0.111. The van der Waals surface area contributed by atoms with Crippen LogP contribution in [0.4, 0.5) is 5.82 Å². The largest absolute Gasteiger partial charge is 0.458 e. The topological polar surface area (TPSA) is 131 Å². The molecule has 10 heteroatoms. The van der Waals surface area contributed by atoms with Gasteiger partial charge in [-0.3, -0.25) is 9.79 Å². The third-order valence-electron chi connectivity index (χ3n) is 10.2. The van der Waals surface area contributed by atoms with Crippen LogP contribution >= 0.6 is 0 Å². The molecule has 254 valence electrons. The molecule has 2 aliphatic carbocycles. The third kappa shape index (κ3) is 7.82. The van der Waals surface area contributed by atoms with Gasteiger partial charge in [0.25, 0.3) is 0 Å². The van der Waals surface area contributed by atoms with Crippen molar-refractivity contribution in [2.75, 3.05) is 18.5 Å². The molecule has 0 aromatic carbocycles. The zero-order valence-corrected chi connectivity index (χ0v) is 29.3. The van der Waals surface area contributed by atoms with E-state index in [1.54, 1.807) is 0 Å². The Hall–Kier alpha value is -3.24. The molecule has 0 spiro atoms. The summed E-state index contributed by atoms with van der Waals surface area (Å²) in [5.41, 5.74) is 4.95. The Morgan fingerprint density at radius 1 is 0.913 bits per heavy atom. The predicted octanol–water partition coefficient (Wildman–Crippen LogP) is 6.78. The summed E-state index contributed by atoms with van der Waals surface area (Å²) in [6, 6.07) is 0. The van der Waals surface area contributed by atoms with E-state index in [0.717, 1.165) is 54.4 Å². The second-order valence-electron chi connectivity index (χ2n) is 14.4. The number of H-pyrrole nitrogens is 1. The molecule has 4 atom stereocenters. The Morgan fingerprint density at radius 3 is 2.02 bits per heavy atom. The number of carbonyl (C=O) groups is 3. The lowest BCUT2D eigenvalue weighted by atomic mass is 9.75. The van der Waals surface area contributed by atoms with Gasteiger partial charge in [0.1, 0.15) is 36.2 Å². The van der Waals surface area contributed by atoms with Crippen LogP contribution in [0.2, 0.25) is 0 Å². The van der Waals surface area contributed by atoms with Crippen molar-refractivity contribution in [1.82, 2.24) is 10.3 Å². The number of aromatic amines is 1. The summed E-state index contributed by atoms with van der Waals surface area (Å²) >= 11 is 0. The maximum absolute atomic E-state index is 13.7. The minimum absolute atomic E-state index is 0.00185. The van der Waals surface area contributed by atoms with Crippen molar-refractivity contribution in [2.24, 2.45) is 40.5 Å². The lowest BCUT2D eigenvalue weighted by Gasteiger charge is -2.37. The fraction of sp³-hybridized carbons (Fsp3) is 0.667. The molecule has 3 N–H and O–H groups in total. The van der Waals surface area contributed by atoms with Gasteiger partial charge in [0.2, 0.25) is 5.91 Å². The van der Waals surface area contributed by atoms with Crippen molar-refractivity contribution >= 4 is 35.4 Å². The third-order valence-corrected chi connectivity index (χ3v) is 10.2. The van der Waals surface area contributed by atoms with Gasteiger partial charge in [0.05, 0.1) is 12.6 Å². The number of aromatic nitrogens is 1. The minimum Gasteiger partial charge on any atom is -0.458 e. The van der Waals surface area contributed by atoms with Crippen molar-refractivity contribution < 1.29 is 28.9 Å². The molecular weight excluding hydrogens is 584 g/mol. The Labute approximate surface area is 274 Å². The summed E-state index contributed by atoms with van der Waals surface area (Å²) in [5.74, 6) is 2.62. The standard InChI is InChI=1S/C36H54N4O6/c1-18-13-20(3)32(21(4)14-18)45-36(43)29-25(8)31(40-35(29)38-27(10)42)26(9)30-24(7)28(34(39-30)37-11-12-41)17-44-46-33-22(5)15-19(2)16-23(33)6/h12,18-23,32-33,40H,11,13-17H2,1-10H3,(H,37,39)(H,38,42). The number of hydrogen-bond acceptors (Lipinski definition) is 7. The van der Waals surface area contributed by atoms with Crippen LogP contribution in [0.3, 0.4) is 0 Å². The predicted molar refractivity (Wildman–Crippen MR) is 180 cm³/mol. The van der Waals surface area contributed by atoms with E-state index in [4.69, 9.17) is 14.5 Å². The van der Waals surface area contributed by atoms with Gasteiger partial charge in [-0.2, -0.15) is 0 Å². The number of hydrogen-bond donors (Lipinski definition) is 3. The number of nitrogens with one attached hydrogen (secondary N) is 3. The first-order chi connectivity index (χ1) is 21.7. The van der Waals surface area contributed by atoms with E-state index >= 15 is 0 Å². The van der Waals surface area contributed by atoms with E-state index in [0.29, 0.717) is 52.1 Å². The van der Waals surface area contributed by atoms with E-state index in [9.17, 15) is 14.4 Å². The van der Waals surface area contributed by atoms with Crippen LogP contribution in [-0.4, -0.2) is 54.3 Å². The molecule has 46 heavy (non-hydrogen) atoms. The highest BCUT2D eigenvalue weighted by Gasteiger charge is 2.37. The van der Waals surface area contributed by atoms with Gasteiger partial charge in [0, 0.05) is 23.9 Å². The first kappa shape index (κ1) is 35.6. The molecule has 1 aromatic rings. The summed E-state index contributed by atoms with van der Waals surface area (Å²) in [4.78, 5) is 56.8. The van der Waals surface area contributed by atoms with Crippen LogP contribution < -0.4 is 10.6 Å². The SMILES string of the molecule is CC(=O)Nc1[nH]c(C(C)=C2NC(=NCC=O)C(COOC3C(C)CC(C)CC3C)=C2C)c(C)c1C(=O)OC1C(C)CC(C)CC1C. The number of aldehydes is 1. The Morgan fingerprint density at radius 2 is 1.48 bits per heavy atom. The van der Waals surface area contributed by atoms with E-state index < -0.39 is 5.97 Å². The molecule has 3 aliphatic rings. The second kappa shape index (κ2) is 15.1. The number of nitrogens with zero attached hydrogens (tertiary/aromatic N) is 1. The van der Waals surface area contributed by atoms with Crippen molar-refractivity contribution in [1.29, 1.82) is 0 Å². The Kier molecular flexibility index (Phi) is 11.7. The van der Waals surface area contributed by atoms with Crippen LogP contribution in [0, 0.1) is 42.4 Å². The van der Waals surface area contributed by atoms with E-state index in [-0.39, 0.29) is 43.1 Å². The summed E-state index contributed by atoms with van der Waals surface area (Å²) in [7, 11) is 0. The summed E-state index contributed by atoms with van der Waals surface area (Å²) in [5, 5.41) is 6.18. The van der Waals surface area contributed by atoms with Crippen molar-refractivity contribution in [3.63, 3.8) is 0 Å². The number of carbonyl (C=O) groups excluding carboxylic acids is 3. The molecule has 4 rings (SSSR count). The summed E-state index contributed by atoms with van der Waals surface area (Å²) in [6.07, 6.45) is 4.77. The van der Waals surface area contributed by atoms with Gasteiger partial charge in [-0.1, -0.05) is 41.5 Å². The van der Waals surface area contributed by atoms with Crippen LogP contribution in [0.25, 0.3) is 5.57 Å². The van der Waals surface area contributed by atoms with E-state index in [1.807, 2.05) is 20.8 Å². The van der Waals surface area contributed by atoms with Crippen LogP contribution in [0.15, 0.2) is 21.8 Å². The lowest BCUT2D eigenvalue weighted by Crippen LogP contribution is -2.37. The van der Waals surface area contributed by atoms with Crippen LogP contribution in [0.5, 0.6) is 0 Å². The average Bonchev–Trinajstić information content (AvgIpc) is 3.45. The molecule has 2 saturated carbocycles. The van der Waals surface area contributed by atoms with Gasteiger partial charge >= 0.3 is 5.97 Å². The fourth-order valence-electron chi connectivity index (χ4n) is 8.22. The first-order valence-electron chi connectivity index (χ1n) is 16.9. The van der Waals surface area contributed by atoms with Gasteiger partial charge in [-0.05, 0) is 98.7 Å². The number of amidine groups is 1. The second-order valence-corrected chi connectivity index (χ2v) is 14.4. The maximum atomic E-state index is 13.7. The lowest BCUT2D eigenvalue weighted by molar-refractivity contribution is -0.340. The van der Waals surface area contributed by atoms with Crippen molar-refractivity contribution in [3.05, 3.63) is 33.7 Å². The molecule has 0 bridgehead atoms. The number of aliphatic imine (C=N–C) groups is 1. The van der Waals surface area contributed by atoms with Crippen molar-refractivity contribution in [3.8, 4) is 0 Å². The van der Waals surface area contributed by atoms with Crippen LogP contribution in [0.1, 0.15) is 110 Å². The Balaban J connectivity index is 1.64. The molecule has 1 aliphatic heterocycles. The van der Waals surface area contributed by atoms with Crippen molar-refractivity contribution in [2.45, 2.75) is 107 Å². The molecule has 2 fully saturated rings. The molecule has 10 nitrogen and oxygen atoms in total. The zero-order valence-electron chi connectivity index (χ0n) is 29.3. The molecule has 2 heterocycles. The van der Waals surface area contributed by atoms with E-state index in [2.05, 4.69) is 62.2 Å². The monoisotopic (exact) mass is 638 g/mol. The smallest absolute Gasteiger partial charge is 0.342 e. The zero-order chi connectivity index (χ0) is 33.9. The highest BCUT2D eigenvalue weighted by Crippen LogP contribution is 2.39. The molecule has 1 aromatic heterocycles. The van der Waals surface area contributed by atoms with Crippen LogP contribution in [-0.2, 0) is 24.1 Å². The average molecular weight is 639 g/mol. The molecule has 0 radical (unpaired) electrons. The minimum atomic E-state index is -0.452. The highest BCUT2D eigenvalue weighted by molar-refractivity contribution is 6.07. The van der Waals surface area contributed by atoms with Gasteiger partial charge < -0.3 is 25.1 Å². The number of amides is 1. The Bertz CT molecular complexity index is 1380. The van der Waals surface area contributed by atoms with Gasteiger partial charge in [-0.25, -0.2) is 14.6 Å². The molecule has 0 saturated heterocycles. The molecular formula is C36H54N4O6. The first-order valence-corrected chi connectivity index (χ1v) is 16.9.